The first kappa shape index (κ1) is 22.7. The molecule has 176 valence electrons. The highest BCUT2D eigenvalue weighted by Gasteiger charge is 2.65. The summed E-state index contributed by atoms with van der Waals surface area (Å²) < 4.78 is 28.9. The van der Waals surface area contributed by atoms with Crippen LogP contribution in [0.4, 0.5) is 8.78 Å². The number of fused-ring (bicyclic) bond motifs is 5. The SMILES string of the molecule is C[C@@H](O)CCC(=O)c1cncc([C@@]23CC[C@@H](c4cc(-c5c(F)cccc5F)nnc42)C3(C)C)n1. The molecular weight excluding hydrogens is 438 g/mol. The maximum Gasteiger partial charge on any atom is 0.182 e. The Kier molecular flexibility index (Phi) is 5.31. The van der Waals surface area contributed by atoms with E-state index in [2.05, 4.69) is 29.0 Å². The first-order valence-corrected chi connectivity index (χ1v) is 11.5. The van der Waals surface area contributed by atoms with Crippen LogP contribution in [-0.4, -0.2) is 37.2 Å². The second-order valence-electron chi connectivity index (χ2n) is 9.95. The Balaban J connectivity index is 1.61. The first-order valence-electron chi connectivity index (χ1n) is 11.5. The summed E-state index contributed by atoms with van der Waals surface area (Å²) in [6.45, 7) is 5.92. The van der Waals surface area contributed by atoms with E-state index in [1.54, 1.807) is 19.2 Å². The van der Waals surface area contributed by atoms with Gasteiger partial charge in [0.15, 0.2) is 5.78 Å². The number of aliphatic hydroxyl groups excluding tert-OH is 1. The van der Waals surface area contributed by atoms with Crippen LogP contribution in [0.2, 0.25) is 0 Å². The van der Waals surface area contributed by atoms with E-state index in [1.165, 1.54) is 24.4 Å². The van der Waals surface area contributed by atoms with Crippen LogP contribution < -0.4 is 0 Å². The third-order valence-electron chi connectivity index (χ3n) is 7.75. The van der Waals surface area contributed by atoms with Crippen molar-refractivity contribution >= 4 is 5.78 Å². The molecule has 6 nitrogen and oxygen atoms in total. The van der Waals surface area contributed by atoms with E-state index < -0.39 is 23.2 Å². The monoisotopic (exact) mass is 464 g/mol. The quantitative estimate of drug-likeness (QED) is 0.529. The molecule has 34 heavy (non-hydrogen) atoms. The predicted molar refractivity (Wildman–Crippen MR) is 121 cm³/mol. The molecule has 2 aliphatic rings. The van der Waals surface area contributed by atoms with Crippen LogP contribution in [0.3, 0.4) is 0 Å². The summed E-state index contributed by atoms with van der Waals surface area (Å²) in [4.78, 5) is 21.7. The lowest BCUT2D eigenvalue weighted by atomic mass is 9.66. The van der Waals surface area contributed by atoms with Crippen molar-refractivity contribution in [1.82, 2.24) is 20.2 Å². The van der Waals surface area contributed by atoms with Crippen LogP contribution in [-0.2, 0) is 5.41 Å². The van der Waals surface area contributed by atoms with Gasteiger partial charge in [0.2, 0.25) is 0 Å². The van der Waals surface area contributed by atoms with Crippen LogP contribution in [0, 0.1) is 17.0 Å². The van der Waals surface area contributed by atoms with Gasteiger partial charge in [0.1, 0.15) is 17.3 Å². The van der Waals surface area contributed by atoms with Crippen molar-refractivity contribution in [2.24, 2.45) is 5.41 Å². The van der Waals surface area contributed by atoms with Crippen LogP contribution in [0.15, 0.2) is 36.7 Å². The van der Waals surface area contributed by atoms with Gasteiger partial charge in [-0.2, -0.15) is 5.10 Å². The molecule has 2 aromatic heterocycles. The molecule has 2 bridgehead atoms. The summed E-state index contributed by atoms with van der Waals surface area (Å²) in [6.07, 6.45) is 4.72. The molecule has 1 fully saturated rings. The van der Waals surface area contributed by atoms with Crippen LogP contribution in [0.5, 0.6) is 0 Å². The number of carbonyl (C=O) groups excluding carboxylic acids is 1. The molecule has 3 atom stereocenters. The summed E-state index contributed by atoms with van der Waals surface area (Å²) in [7, 11) is 0. The Morgan fingerprint density at radius 2 is 1.94 bits per heavy atom. The third-order valence-corrected chi connectivity index (χ3v) is 7.75. The predicted octanol–water partition coefficient (Wildman–Crippen LogP) is 4.76. The summed E-state index contributed by atoms with van der Waals surface area (Å²) in [6, 6.07) is 5.49. The van der Waals surface area contributed by atoms with E-state index in [9.17, 15) is 18.7 Å². The average Bonchev–Trinajstić information content (AvgIpc) is 3.18. The van der Waals surface area contributed by atoms with E-state index in [4.69, 9.17) is 4.98 Å². The topological polar surface area (TPSA) is 88.9 Å². The van der Waals surface area contributed by atoms with Gasteiger partial charge in [0.05, 0.1) is 40.4 Å². The largest absolute Gasteiger partial charge is 0.393 e. The van der Waals surface area contributed by atoms with Crippen LogP contribution in [0.25, 0.3) is 11.3 Å². The molecule has 0 spiro atoms. The van der Waals surface area contributed by atoms with E-state index >= 15 is 0 Å². The van der Waals surface area contributed by atoms with Crippen molar-refractivity contribution in [3.8, 4) is 11.3 Å². The number of aliphatic hydroxyl groups is 1. The highest BCUT2D eigenvalue weighted by Crippen LogP contribution is 2.69. The molecule has 8 heteroatoms. The highest BCUT2D eigenvalue weighted by atomic mass is 19.1. The third kappa shape index (κ3) is 3.19. The minimum atomic E-state index is -0.680. The van der Waals surface area contributed by atoms with Crippen LogP contribution in [0.1, 0.15) is 79.8 Å². The molecule has 0 saturated heterocycles. The number of halogens is 2. The number of Topliss-reactive ketones (excluding diaryl/α,β-unsaturated/α-hetero) is 1. The summed E-state index contributed by atoms with van der Waals surface area (Å²) in [5.41, 5.74) is 1.62. The summed E-state index contributed by atoms with van der Waals surface area (Å²) in [5.74, 6) is -1.43. The van der Waals surface area contributed by atoms with E-state index in [0.29, 0.717) is 12.1 Å². The lowest BCUT2D eigenvalue weighted by molar-refractivity contribution is 0.0943. The Morgan fingerprint density at radius 1 is 1.21 bits per heavy atom. The minimum absolute atomic E-state index is 0.1000. The van der Waals surface area contributed by atoms with Crippen molar-refractivity contribution in [1.29, 1.82) is 0 Å². The van der Waals surface area contributed by atoms with Gasteiger partial charge in [-0.3, -0.25) is 9.78 Å². The van der Waals surface area contributed by atoms with Gasteiger partial charge in [0.25, 0.3) is 0 Å². The Morgan fingerprint density at radius 3 is 2.65 bits per heavy atom. The molecule has 0 amide bonds. The smallest absolute Gasteiger partial charge is 0.182 e. The van der Waals surface area contributed by atoms with Gasteiger partial charge in [-0.25, -0.2) is 13.8 Å². The molecule has 3 aromatic rings. The minimum Gasteiger partial charge on any atom is -0.393 e. The Labute approximate surface area is 196 Å². The number of aromatic nitrogens is 4. The van der Waals surface area contributed by atoms with Gasteiger partial charge < -0.3 is 5.11 Å². The molecule has 1 saturated carbocycles. The molecule has 0 unspecified atom stereocenters. The fourth-order valence-electron chi connectivity index (χ4n) is 5.93. The zero-order valence-corrected chi connectivity index (χ0v) is 19.3. The summed E-state index contributed by atoms with van der Waals surface area (Å²) in [5, 5.41) is 18.3. The van der Waals surface area contributed by atoms with E-state index in [0.717, 1.165) is 24.1 Å². The Hall–Kier alpha value is -3.13. The molecular formula is C26H26F2N4O2. The fourth-order valence-corrected chi connectivity index (χ4v) is 5.93. The zero-order chi connectivity index (χ0) is 24.3. The first-order chi connectivity index (χ1) is 16.2. The number of rotatable bonds is 6. The van der Waals surface area contributed by atoms with E-state index in [-0.39, 0.29) is 40.5 Å². The number of nitrogens with zero attached hydrogens (tertiary/aromatic N) is 4. The van der Waals surface area contributed by atoms with Gasteiger partial charge in [-0.05, 0) is 61.3 Å². The molecule has 1 N–H and O–H groups in total. The molecule has 1 aromatic carbocycles. The van der Waals surface area contributed by atoms with Crippen LogP contribution >= 0.6 is 0 Å². The lowest BCUT2D eigenvalue weighted by Crippen LogP contribution is -2.38. The van der Waals surface area contributed by atoms with E-state index in [1.807, 2.05) is 0 Å². The second-order valence-corrected chi connectivity index (χ2v) is 9.95. The van der Waals surface area contributed by atoms with Crippen molar-refractivity contribution < 1.29 is 18.7 Å². The maximum atomic E-state index is 14.4. The number of hydrogen-bond acceptors (Lipinski definition) is 6. The van der Waals surface area contributed by atoms with Crippen molar-refractivity contribution in [3.63, 3.8) is 0 Å². The number of benzene rings is 1. The Bertz CT molecular complexity index is 1270. The van der Waals surface area contributed by atoms with Crippen molar-refractivity contribution in [3.05, 3.63) is 70.9 Å². The van der Waals surface area contributed by atoms with Gasteiger partial charge >= 0.3 is 0 Å². The normalized spacial score (nSPS) is 23.1. The maximum absolute atomic E-state index is 14.4. The van der Waals surface area contributed by atoms with Gasteiger partial charge in [-0.15, -0.1) is 5.10 Å². The number of carbonyl (C=O) groups is 1. The van der Waals surface area contributed by atoms with Crippen molar-refractivity contribution in [2.75, 3.05) is 0 Å². The van der Waals surface area contributed by atoms with Crippen molar-refractivity contribution in [2.45, 2.75) is 63.9 Å². The zero-order valence-electron chi connectivity index (χ0n) is 19.3. The number of hydrogen-bond donors (Lipinski definition) is 1. The second kappa shape index (κ2) is 7.98. The average molecular weight is 465 g/mol. The number of ketones is 1. The fraction of sp³-hybridized carbons (Fsp3) is 0.423. The lowest BCUT2D eigenvalue weighted by Gasteiger charge is -2.37. The summed E-state index contributed by atoms with van der Waals surface area (Å²) >= 11 is 0. The van der Waals surface area contributed by atoms with Gasteiger partial charge in [0, 0.05) is 12.6 Å². The van der Waals surface area contributed by atoms with Gasteiger partial charge in [-0.1, -0.05) is 19.9 Å². The molecule has 0 aliphatic heterocycles. The molecule has 2 aliphatic carbocycles. The standard InChI is InChI=1S/C26H26F2N4O2/c1-14(33)7-8-21(34)20-12-29-13-22(30-20)26-10-9-16(25(26,2)3)15-11-19(31-32-24(15)26)23-17(27)5-4-6-18(23)28/h4-6,11-14,16,33H,7-10H2,1-3H3/t14-,16+,26+/m1/s1. The molecule has 2 heterocycles. The molecule has 5 rings (SSSR count). The molecule has 0 radical (unpaired) electrons. The highest BCUT2D eigenvalue weighted by molar-refractivity contribution is 5.94.